The van der Waals surface area contributed by atoms with Crippen LogP contribution in [-0.2, 0) is 23.9 Å². The van der Waals surface area contributed by atoms with Crippen molar-refractivity contribution in [3.05, 3.63) is 42.5 Å². The Morgan fingerprint density at radius 3 is 2.53 bits per heavy atom. The second-order valence-corrected chi connectivity index (χ2v) is 10.8. The molecule has 0 radical (unpaired) electrons. The number of anilines is 1. The third-order valence-electron chi connectivity index (χ3n) is 6.91. The molecule has 2 fully saturated rings. The number of ether oxygens (including phenoxy) is 2. The van der Waals surface area contributed by atoms with Crippen molar-refractivity contribution in [1.29, 1.82) is 0 Å². The van der Waals surface area contributed by atoms with E-state index >= 15 is 0 Å². The van der Waals surface area contributed by atoms with Crippen molar-refractivity contribution in [1.82, 2.24) is 15.1 Å². The van der Waals surface area contributed by atoms with Gasteiger partial charge in [0.1, 0.15) is 30.0 Å². The van der Waals surface area contributed by atoms with Gasteiger partial charge in [-0.05, 0) is 52.0 Å². The molecule has 10 heteroatoms. The predicted octanol–water partition coefficient (Wildman–Crippen LogP) is 3.26. The van der Waals surface area contributed by atoms with E-state index in [1.165, 1.54) is 16.8 Å². The largest absolute Gasteiger partial charge is 0.444 e. The molecular formula is C28H36N4O6. The Hall–Kier alpha value is -3.66. The molecule has 4 amide bonds. The summed E-state index contributed by atoms with van der Waals surface area (Å²) < 4.78 is 11.2. The topological polar surface area (TPSA) is 117 Å². The zero-order valence-electron chi connectivity index (χ0n) is 22.5. The van der Waals surface area contributed by atoms with Crippen LogP contribution in [0.1, 0.15) is 47.0 Å². The molecule has 4 rings (SSSR count). The maximum absolute atomic E-state index is 13.6. The van der Waals surface area contributed by atoms with Crippen molar-refractivity contribution in [3.8, 4) is 0 Å². The Balaban J connectivity index is 1.45. The van der Waals surface area contributed by atoms with Crippen molar-refractivity contribution >= 4 is 40.3 Å². The summed E-state index contributed by atoms with van der Waals surface area (Å²) >= 11 is 0. The predicted molar refractivity (Wildman–Crippen MR) is 142 cm³/mol. The molecule has 0 aromatic heterocycles. The number of benzene rings is 2. The van der Waals surface area contributed by atoms with E-state index in [-0.39, 0.29) is 24.8 Å². The molecular weight excluding hydrogens is 488 g/mol. The van der Waals surface area contributed by atoms with Crippen molar-refractivity contribution < 1.29 is 28.7 Å². The summed E-state index contributed by atoms with van der Waals surface area (Å²) in [6.07, 6.45) is 0.0662. The first-order valence-electron chi connectivity index (χ1n) is 12.9. The SMILES string of the molecule is C[C@@H](C(=O)N[C@H]1CCO[C@H]2CC[C@@H](C(=O)Nc3cccc4ccccc34)N2C1=O)N(C)C(=O)OC(C)(C)C. The van der Waals surface area contributed by atoms with Gasteiger partial charge in [0.05, 0.1) is 6.61 Å². The number of amides is 4. The number of likely N-dealkylation sites (N-methyl/N-ethyl adjacent to an activating group) is 1. The highest BCUT2D eigenvalue weighted by Crippen LogP contribution is 2.31. The van der Waals surface area contributed by atoms with Gasteiger partial charge in [0.25, 0.3) is 0 Å². The fourth-order valence-corrected chi connectivity index (χ4v) is 4.77. The average molecular weight is 525 g/mol. The lowest BCUT2D eigenvalue weighted by molar-refractivity contribution is -0.147. The molecule has 2 saturated heterocycles. The van der Waals surface area contributed by atoms with Crippen LogP contribution in [0.3, 0.4) is 0 Å². The zero-order chi connectivity index (χ0) is 27.6. The van der Waals surface area contributed by atoms with Gasteiger partial charge in [0.2, 0.25) is 17.7 Å². The molecule has 204 valence electrons. The van der Waals surface area contributed by atoms with Crippen LogP contribution in [0, 0.1) is 0 Å². The molecule has 2 aromatic rings. The number of carbonyl (C=O) groups excluding carboxylic acids is 4. The van der Waals surface area contributed by atoms with Gasteiger partial charge < -0.3 is 25.0 Å². The van der Waals surface area contributed by atoms with Gasteiger partial charge in [-0.2, -0.15) is 0 Å². The normalized spacial score (nSPS) is 22.3. The maximum atomic E-state index is 13.6. The summed E-state index contributed by atoms with van der Waals surface area (Å²) in [4.78, 5) is 55.0. The summed E-state index contributed by atoms with van der Waals surface area (Å²) in [7, 11) is 1.47. The molecule has 2 aliphatic heterocycles. The van der Waals surface area contributed by atoms with Crippen LogP contribution < -0.4 is 10.6 Å². The number of hydrogen-bond acceptors (Lipinski definition) is 6. The number of carbonyl (C=O) groups is 4. The van der Waals surface area contributed by atoms with E-state index in [1.54, 1.807) is 27.7 Å². The first-order valence-corrected chi connectivity index (χ1v) is 12.9. The minimum atomic E-state index is -0.882. The van der Waals surface area contributed by atoms with Crippen LogP contribution in [-0.4, -0.2) is 77.2 Å². The van der Waals surface area contributed by atoms with Gasteiger partial charge in [0, 0.05) is 24.5 Å². The first kappa shape index (κ1) is 27.4. The van der Waals surface area contributed by atoms with E-state index in [4.69, 9.17) is 9.47 Å². The first-order chi connectivity index (χ1) is 18.0. The summed E-state index contributed by atoms with van der Waals surface area (Å²) in [5.74, 6) is -1.17. The summed E-state index contributed by atoms with van der Waals surface area (Å²) in [5.41, 5.74) is -0.0358. The van der Waals surface area contributed by atoms with Crippen LogP contribution in [0.4, 0.5) is 10.5 Å². The second kappa shape index (κ2) is 11.0. The number of nitrogens with zero attached hydrogens (tertiary/aromatic N) is 2. The highest BCUT2D eigenvalue weighted by atomic mass is 16.6. The van der Waals surface area contributed by atoms with Crippen molar-refractivity contribution in [2.45, 2.75) is 76.9 Å². The Kier molecular flexibility index (Phi) is 7.91. The lowest BCUT2D eigenvalue weighted by Gasteiger charge is -2.31. The molecule has 0 bridgehead atoms. The molecule has 0 unspecified atom stereocenters. The third-order valence-corrected chi connectivity index (χ3v) is 6.91. The van der Waals surface area contributed by atoms with Crippen LogP contribution in [0.5, 0.6) is 0 Å². The number of nitrogens with one attached hydrogen (secondary N) is 2. The van der Waals surface area contributed by atoms with E-state index < -0.39 is 42.0 Å². The molecule has 0 aliphatic carbocycles. The van der Waals surface area contributed by atoms with E-state index in [0.717, 1.165) is 10.8 Å². The summed E-state index contributed by atoms with van der Waals surface area (Å²) in [6.45, 7) is 7.05. The Labute approximate surface area is 222 Å². The van der Waals surface area contributed by atoms with Gasteiger partial charge >= 0.3 is 6.09 Å². The standard InChI is InChI=1S/C28H36N4O6/c1-17(31(5)27(36)38-28(2,3)4)24(33)30-21-15-16-37-23-14-13-22(32(23)26(21)35)25(34)29-20-12-8-10-18-9-6-7-11-19(18)20/h6-12,17,21-23H,13-16H2,1-5H3,(H,29,34)(H,30,33)/t17-,21-,22-,23-/m0/s1. The molecule has 2 N–H and O–H groups in total. The molecule has 2 aromatic carbocycles. The molecule has 0 saturated carbocycles. The van der Waals surface area contributed by atoms with E-state index in [2.05, 4.69) is 10.6 Å². The van der Waals surface area contributed by atoms with Gasteiger partial charge in [-0.3, -0.25) is 19.3 Å². The van der Waals surface area contributed by atoms with Crippen LogP contribution in [0.2, 0.25) is 0 Å². The van der Waals surface area contributed by atoms with Gasteiger partial charge in [-0.1, -0.05) is 36.4 Å². The average Bonchev–Trinajstić information content (AvgIpc) is 3.23. The molecule has 2 heterocycles. The van der Waals surface area contributed by atoms with Crippen molar-refractivity contribution in [3.63, 3.8) is 0 Å². The maximum Gasteiger partial charge on any atom is 0.410 e. The monoisotopic (exact) mass is 524 g/mol. The van der Waals surface area contributed by atoms with Crippen LogP contribution >= 0.6 is 0 Å². The molecule has 10 nitrogen and oxygen atoms in total. The fraction of sp³-hybridized carbons (Fsp3) is 0.500. The number of hydrogen-bond donors (Lipinski definition) is 2. The second-order valence-electron chi connectivity index (χ2n) is 10.8. The lowest BCUT2D eigenvalue weighted by atomic mass is 10.1. The summed E-state index contributed by atoms with van der Waals surface area (Å²) in [6, 6.07) is 10.9. The minimum absolute atomic E-state index is 0.256. The molecule has 4 atom stereocenters. The molecule has 38 heavy (non-hydrogen) atoms. The van der Waals surface area contributed by atoms with E-state index in [1.807, 2.05) is 42.5 Å². The zero-order valence-corrected chi connectivity index (χ0v) is 22.5. The smallest absolute Gasteiger partial charge is 0.410 e. The van der Waals surface area contributed by atoms with Gasteiger partial charge in [-0.15, -0.1) is 0 Å². The van der Waals surface area contributed by atoms with Crippen LogP contribution in [0.25, 0.3) is 10.8 Å². The Morgan fingerprint density at radius 2 is 1.79 bits per heavy atom. The van der Waals surface area contributed by atoms with E-state index in [9.17, 15) is 19.2 Å². The third kappa shape index (κ3) is 5.91. The lowest BCUT2D eigenvalue weighted by Crippen LogP contribution is -2.56. The highest BCUT2D eigenvalue weighted by Gasteiger charge is 2.46. The number of fused-ring (bicyclic) bond motifs is 2. The molecule has 2 aliphatic rings. The Bertz CT molecular complexity index is 1220. The molecule has 0 spiro atoms. The van der Waals surface area contributed by atoms with E-state index in [0.29, 0.717) is 18.5 Å². The quantitative estimate of drug-likeness (QED) is 0.620. The van der Waals surface area contributed by atoms with Crippen LogP contribution in [0.15, 0.2) is 42.5 Å². The summed E-state index contributed by atoms with van der Waals surface area (Å²) in [5, 5.41) is 7.65. The highest BCUT2D eigenvalue weighted by molar-refractivity contribution is 6.05. The minimum Gasteiger partial charge on any atom is -0.444 e. The van der Waals surface area contributed by atoms with Gasteiger partial charge in [-0.25, -0.2) is 4.79 Å². The van der Waals surface area contributed by atoms with Gasteiger partial charge in [0.15, 0.2) is 0 Å². The van der Waals surface area contributed by atoms with Crippen molar-refractivity contribution in [2.24, 2.45) is 0 Å². The Morgan fingerprint density at radius 1 is 1.08 bits per heavy atom. The number of rotatable bonds is 5. The fourth-order valence-electron chi connectivity index (χ4n) is 4.77. The van der Waals surface area contributed by atoms with Crippen molar-refractivity contribution in [2.75, 3.05) is 19.0 Å².